The van der Waals surface area contributed by atoms with Gasteiger partial charge in [0.05, 0.1) is 0 Å². The predicted octanol–water partition coefficient (Wildman–Crippen LogP) is 2.35. The van der Waals surface area contributed by atoms with E-state index in [1.165, 1.54) is 12.8 Å². The average molecular weight is 200 g/mol. The molecule has 0 aliphatic rings. The molecule has 2 nitrogen and oxygen atoms in total. The van der Waals surface area contributed by atoms with Crippen molar-refractivity contribution in [2.24, 2.45) is 5.41 Å². The third-order valence-electron chi connectivity index (χ3n) is 2.74. The molecule has 0 fully saturated rings. The van der Waals surface area contributed by atoms with Crippen molar-refractivity contribution >= 4 is 0 Å². The van der Waals surface area contributed by atoms with Crippen LogP contribution in [0.3, 0.4) is 0 Å². The lowest BCUT2D eigenvalue weighted by atomic mass is 9.88. The van der Waals surface area contributed by atoms with Crippen LogP contribution in [-0.2, 0) is 0 Å². The highest BCUT2D eigenvalue weighted by Crippen LogP contribution is 2.20. The van der Waals surface area contributed by atoms with Crippen LogP contribution in [0.15, 0.2) is 0 Å². The van der Waals surface area contributed by atoms with Crippen LogP contribution in [0, 0.1) is 5.41 Å². The van der Waals surface area contributed by atoms with Gasteiger partial charge in [0.1, 0.15) is 0 Å². The molecule has 0 spiro atoms. The fraction of sp³-hybridized carbons (Fsp3) is 1.00. The van der Waals surface area contributed by atoms with E-state index in [0.717, 1.165) is 26.2 Å². The first kappa shape index (κ1) is 13.9. The van der Waals surface area contributed by atoms with Gasteiger partial charge in [-0.2, -0.15) is 0 Å². The lowest BCUT2D eigenvalue weighted by molar-refractivity contribution is 0.293. The van der Waals surface area contributed by atoms with Crippen LogP contribution in [0.1, 0.15) is 40.5 Å². The predicted molar refractivity (Wildman–Crippen MR) is 64.7 cm³/mol. The van der Waals surface area contributed by atoms with Crippen molar-refractivity contribution in [1.29, 1.82) is 0 Å². The van der Waals surface area contributed by atoms with E-state index in [1.807, 2.05) is 0 Å². The van der Waals surface area contributed by atoms with Crippen molar-refractivity contribution in [3.63, 3.8) is 0 Å². The molecule has 0 atom stereocenters. The molecule has 0 aliphatic heterocycles. The van der Waals surface area contributed by atoms with Gasteiger partial charge in [-0.1, -0.05) is 34.1 Å². The first-order valence-corrected chi connectivity index (χ1v) is 5.91. The van der Waals surface area contributed by atoms with E-state index < -0.39 is 0 Å². The Morgan fingerprint density at radius 3 is 2.36 bits per heavy atom. The monoisotopic (exact) mass is 200 g/mol. The summed E-state index contributed by atoms with van der Waals surface area (Å²) >= 11 is 0. The van der Waals surface area contributed by atoms with Crippen LogP contribution in [0.2, 0.25) is 0 Å². The van der Waals surface area contributed by atoms with Crippen molar-refractivity contribution < 1.29 is 0 Å². The second-order valence-corrected chi connectivity index (χ2v) is 4.99. The van der Waals surface area contributed by atoms with E-state index in [4.69, 9.17) is 0 Å². The van der Waals surface area contributed by atoms with Crippen LogP contribution in [-0.4, -0.2) is 38.1 Å². The Morgan fingerprint density at radius 1 is 1.21 bits per heavy atom. The van der Waals surface area contributed by atoms with Gasteiger partial charge in [0.15, 0.2) is 0 Å². The molecule has 0 aromatic carbocycles. The summed E-state index contributed by atoms with van der Waals surface area (Å²) in [4.78, 5) is 2.33. The van der Waals surface area contributed by atoms with Crippen molar-refractivity contribution in [1.82, 2.24) is 10.2 Å². The minimum atomic E-state index is 0.458. The van der Waals surface area contributed by atoms with E-state index in [1.54, 1.807) is 0 Å². The molecule has 14 heavy (non-hydrogen) atoms. The van der Waals surface area contributed by atoms with Crippen LogP contribution in [0.5, 0.6) is 0 Å². The molecule has 0 aromatic heterocycles. The van der Waals surface area contributed by atoms with E-state index >= 15 is 0 Å². The molecule has 86 valence electrons. The molecule has 0 aliphatic carbocycles. The topological polar surface area (TPSA) is 15.3 Å². The third kappa shape index (κ3) is 7.34. The molecule has 0 bridgehead atoms. The Labute approximate surface area is 90.1 Å². The highest BCUT2D eigenvalue weighted by Gasteiger charge is 2.15. The normalized spacial score (nSPS) is 12.4. The maximum Gasteiger partial charge on any atom is 0.0104 e. The number of hydrogen-bond acceptors (Lipinski definition) is 2. The van der Waals surface area contributed by atoms with E-state index in [0.29, 0.717) is 5.41 Å². The van der Waals surface area contributed by atoms with Gasteiger partial charge in [-0.3, -0.25) is 0 Å². The Balaban J connectivity index is 3.43. The van der Waals surface area contributed by atoms with Gasteiger partial charge >= 0.3 is 0 Å². The molecule has 2 heteroatoms. The number of nitrogens with zero attached hydrogens (tertiary/aromatic N) is 1. The molecule has 0 heterocycles. The van der Waals surface area contributed by atoms with Gasteiger partial charge in [-0.05, 0) is 25.4 Å². The van der Waals surface area contributed by atoms with Gasteiger partial charge < -0.3 is 10.2 Å². The molecule has 0 unspecified atom stereocenters. The summed E-state index contributed by atoms with van der Waals surface area (Å²) in [5.41, 5.74) is 0.458. The Kier molecular flexibility index (Phi) is 7.20. The summed E-state index contributed by atoms with van der Waals surface area (Å²) in [5.74, 6) is 0. The first-order valence-electron chi connectivity index (χ1n) is 5.91. The van der Waals surface area contributed by atoms with Gasteiger partial charge in [0.2, 0.25) is 0 Å². The summed E-state index contributed by atoms with van der Waals surface area (Å²) in [7, 11) is 2.17. The van der Waals surface area contributed by atoms with Crippen molar-refractivity contribution in [2.45, 2.75) is 40.5 Å². The molecule has 0 amide bonds. The van der Waals surface area contributed by atoms with Crippen LogP contribution in [0.4, 0.5) is 0 Å². The molecule has 0 saturated heterocycles. The van der Waals surface area contributed by atoms with Crippen molar-refractivity contribution in [3.8, 4) is 0 Å². The highest BCUT2D eigenvalue weighted by molar-refractivity contribution is 4.70. The Hall–Kier alpha value is -0.0800. The Morgan fingerprint density at radius 2 is 1.86 bits per heavy atom. The zero-order valence-electron chi connectivity index (χ0n) is 10.7. The summed E-state index contributed by atoms with van der Waals surface area (Å²) in [6, 6.07) is 0. The summed E-state index contributed by atoms with van der Waals surface area (Å²) in [6.45, 7) is 13.7. The zero-order valence-corrected chi connectivity index (χ0v) is 10.7. The SMILES string of the molecule is CCCC(C)(C)CNCCN(C)CC. The van der Waals surface area contributed by atoms with Gasteiger partial charge in [0.25, 0.3) is 0 Å². The molecule has 1 N–H and O–H groups in total. The van der Waals surface area contributed by atoms with Gasteiger partial charge in [-0.15, -0.1) is 0 Å². The molecular formula is C12H28N2. The largest absolute Gasteiger partial charge is 0.315 e. The van der Waals surface area contributed by atoms with Crippen LogP contribution >= 0.6 is 0 Å². The van der Waals surface area contributed by atoms with Gasteiger partial charge in [-0.25, -0.2) is 0 Å². The van der Waals surface area contributed by atoms with E-state index in [2.05, 4.69) is 45.0 Å². The first-order chi connectivity index (χ1) is 6.52. The van der Waals surface area contributed by atoms with E-state index in [-0.39, 0.29) is 0 Å². The number of rotatable bonds is 8. The third-order valence-corrected chi connectivity index (χ3v) is 2.74. The smallest absolute Gasteiger partial charge is 0.0104 e. The lowest BCUT2D eigenvalue weighted by Crippen LogP contribution is -2.35. The summed E-state index contributed by atoms with van der Waals surface area (Å²) < 4.78 is 0. The zero-order chi connectivity index (χ0) is 11.0. The van der Waals surface area contributed by atoms with Crippen LogP contribution < -0.4 is 5.32 Å². The standard InChI is InChI=1S/C12H28N2/c1-6-8-12(3,4)11-13-9-10-14(5)7-2/h13H,6-11H2,1-5H3. The van der Waals surface area contributed by atoms with E-state index in [9.17, 15) is 0 Å². The number of hydrogen-bond donors (Lipinski definition) is 1. The fourth-order valence-electron chi connectivity index (χ4n) is 1.62. The van der Waals surface area contributed by atoms with Crippen molar-refractivity contribution in [2.75, 3.05) is 33.2 Å². The Bertz CT molecular complexity index is 132. The molecule has 0 rings (SSSR count). The minimum absolute atomic E-state index is 0.458. The number of likely N-dealkylation sites (N-methyl/N-ethyl adjacent to an activating group) is 1. The fourth-order valence-corrected chi connectivity index (χ4v) is 1.62. The second kappa shape index (κ2) is 7.24. The molecule has 0 saturated carbocycles. The maximum atomic E-state index is 3.53. The quantitative estimate of drug-likeness (QED) is 0.605. The van der Waals surface area contributed by atoms with Crippen LogP contribution in [0.25, 0.3) is 0 Å². The van der Waals surface area contributed by atoms with Gasteiger partial charge in [0, 0.05) is 19.6 Å². The summed E-state index contributed by atoms with van der Waals surface area (Å²) in [5, 5.41) is 3.53. The minimum Gasteiger partial charge on any atom is -0.315 e. The lowest BCUT2D eigenvalue weighted by Gasteiger charge is -2.25. The highest BCUT2D eigenvalue weighted by atomic mass is 15.1. The molecule has 0 radical (unpaired) electrons. The number of nitrogens with one attached hydrogen (secondary N) is 1. The van der Waals surface area contributed by atoms with Crippen molar-refractivity contribution in [3.05, 3.63) is 0 Å². The molecular weight excluding hydrogens is 172 g/mol. The maximum absolute atomic E-state index is 3.53. The molecule has 0 aromatic rings. The average Bonchev–Trinajstić information content (AvgIpc) is 2.12. The summed E-state index contributed by atoms with van der Waals surface area (Å²) in [6.07, 6.45) is 2.59. The second-order valence-electron chi connectivity index (χ2n) is 4.99.